The van der Waals surface area contributed by atoms with Crippen molar-refractivity contribution in [2.75, 3.05) is 7.11 Å². The van der Waals surface area contributed by atoms with Gasteiger partial charge in [-0.3, -0.25) is 0 Å². The molecule has 2 rings (SSSR count). The smallest absolute Gasteiger partial charge is 0.233 e. The number of ether oxygens (including phenoxy) is 1. The molecule has 3 nitrogen and oxygen atoms in total. The van der Waals surface area contributed by atoms with Gasteiger partial charge >= 0.3 is 0 Å². The van der Waals surface area contributed by atoms with E-state index in [0.29, 0.717) is 5.88 Å². The molecule has 1 heterocycles. The average molecular weight is 235 g/mol. The van der Waals surface area contributed by atoms with Crippen LogP contribution >= 0.6 is 11.6 Å². The first-order valence-electron chi connectivity index (χ1n) is 4.89. The molecule has 0 saturated carbocycles. The van der Waals surface area contributed by atoms with Crippen LogP contribution in [0.3, 0.4) is 0 Å². The molecule has 0 aliphatic rings. The maximum absolute atomic E-state index is 5.81. The molecule has 0 N–H and O–H groups in total. The van der Waals surface area contributed by atoms with E-state index in [9.17, 15) is 0 Å². The maximum Gasteiger partial charge on any atom is 0.233 e. The first kappa shape index (κ1) is 10.9. The van der Waals surface area contributed by atoms with Gasteiger partial charge in [-0.2, -0.15) is 5.10 Å². The van der Waals surface area contributed by atoms with E-state index in [0.717, 1.165) is 22.7 Å². The Labute approximate surface area is 99.0 Å². The quantitative estimate of drug-likeness (QED) is 0.819. The molecule has 0 aliphatic heterocycles. The van der Waals surface area contributed by atoms with Crippen LogP contribution in [0.15, 0.2) is 36.4 Å². The van der Waals surface area contributed by atoms with Gasteiger partial charge in [0.2, 0.25) is 5.88 Å². The summed E-state index contributed by atoms with van der Waals surface area (Å²) < 4.78 is 4.94. The molecule has 0 fully saturated rings. The van der Waals surface area contributed by atoms with Gasteiger partial charge in [0.05, 0.1) is 12.8 Å². The molecular formula is C12H11ClN2O. The van der Waals surface area contributed by atoms with E-state index in [4.69, 9.17) is 16.3 Å². The van der Waals surface area contributed by atoms with E-state index in [2.05, 4.69) is 10.2 Å². The highest BCUT2D eigenvalue weighted by molar-refractivity contribution is 6.30. The minimum Gasteiger partial charge on any atom is -0.480 e. The van der Waals surface area contributed by atoms with Crippen LogP contribution in [-0.2, 0) is 6.42 Å². The molecule has 0 amide bonds. The van der Waals surface area contributed by atoms with Crippen molar-refractivity contribution in [1.82, 2.24) is 10.2 Å². The van der Waals surface area contributed by atoms with Crippen LogP contribution in [0, 0.1) is 0 Å². The van der Waals surface area contributed by atoms with Crippen LogP contribution in [0.1, 0.15) is 11.3 Å². The lowest BCUT2D eigenvalue weighted by Crippen LogP contribution is -1.96. The lowest BCUT2D eigenvalue weighted by Gasteiger charge is -2.01. The number of methoxy groups -OCH3 is 1. The van der Waals surface area contributed by atoms with Crippen molar-refractivity contribution in [2.45, 2.75) is 6.42 Å². The minimum absolute atomic E-state index is 0.528. The van der Waals surface area contributed by atoms with Gasteiger partial charge in [-0.15, -0.1) is 5.10 Å². The zero-order chi connectivity index (χ0) is 11.4. The van der Waals surface area contributed by atoms with Gasteiger partial charge in [0, 0.05) is 17.5 Å². The Morgan fingerprint density at radius 1 is 1.06 bits per heavy atom. The second kappa shape index (κ2) is 4.94. The van der Waals surface area contributed by atoms with Crippen LogP contribution in [-0.4, -0.2) is 17.3 Å². The van der Waals surface area contributed by atoms with Crippen molar-refractivity contribution in [1.29, 1.82) is 0 Å². The normalized spacial score (nSPS) is 10.1. The molecular weight excluding hydrogens is 224 g/mol. The summed E-state index contributed by atoms with van der Waals surface area (Å²) in [4.78, 5) is 0. The Bertz CT molecular complexity index is 453. The van der Waals surface area contributed by atoms with Crippen LogP contribution in [0.25, 0.3) is 0 Å². The molecule has 82 valence electrons. The number of nitrogens with zero attached hydrogens (tertiary/aromatic N) is 2. The van der Waals surface area contributed by atoms with Gasteiger partial charge in [-0.25, -0.2) is 0 Å². The van der Waals surface area contributed by atoms with Gasteiger partial charge in [0.25, 0.3) is 0 Å². The summed E-state index contributed by atoms with van der Waals surface area (Å²) in [6.45, 7) is 0. The zero-order valence-corrected chi connectivity index (χ0v) is 9.61. The summed E-state index contributed by atoms with van der Waals surface area (Å²) >= 11 is 5.81. The van der Waals surface area contributed by atoms with Crippen molar-refractivity contribution in [3.05, 3.63) is 52.7 Å². The predicted molar refractivity (Wildman–Crippen MR) is 62.8 cm³/mol. The summed E-state index contributed by atoms with van der Waals surface area (Å²) in [5.74, 6) is 0.528. The maximum atomic E-state index is 5.81. The van der Waals surface area contributed by atoms with Gasteiger partial charge in [-0.1, -0.05) is 23.7 Å². The number of rotatable bonds is 3. The van der Waals surface area contributed by atoms with Crippen LogP contribution in [0.4, 0.5) is 0 Å². The van der Waals surface area contributed by atoms with Crippen molar-refractivity contribution in [3.63, 3.8) is 0 Å². The van der Waals surface area contributed by atoms with E-state index in [-0.39, 0.29) is 0 Å². The topological polar surface area (TPSA) is 35.0 Å². The number of aromatic nitrogens is 2. The van der Waals surface area contributed by atoms with E-state index in [1.54, 1.807) is 13.2 Å². The Kier molecular flexibility index (Phi) is 3.37. The first-order chi connectivity index (χ1) is 7.78. The fourth-order valence-electron chi connectivity index (χ4n) is 1.36. The predicted octanol–water partition coefficient (Wildman–Crippen LogP) is 2.73. The third-order valence-corrected chi connectivity index (χ3v) is 2.45. The van der Waals surface area contributed by atoms with Gasteiger partial charge in [-0.05, 0) is 23.8 Å². The third-order valence-electron chi connectivity index (χ3n) is 2.20. The monoisotopic (exact) mass is 234 g/mol. The number of halogens is 1. The SMILES string of the molecule is COc1ccc(Cc2ccc(Cl)cc2)nn1. The second-order valence-electron chi connectivity index (χ2n) is 3.37. The van der Waals surface area contributed by atoms with Crippen LogP contribution in [0.2, 0.25) is 5.02 Å². The van der Waals surface area contributed by atoms with Crippen LogP contribution < -0.4 is 4.74 Å². The molecule has 0 saturated heterocycles. The highest BCUT2D eigenvalue weighted by Crippen LogP contribution is 2.13. The van der Waals surface area contributed by atoms with Crippen molar-refractivity contribution in [3.8, 4) is 5.88 Å². The third kappa shape index (κ3) is 2.70. The van der Waals surface area contributed by atoms with Crippen LogP contribution in [0.5, 0.6) is 5.88 Å². The fraction of sp³-hybridized carbons (Fsp3) is 0.167. The molecule has 0 radical (unpaired) electrons. The number of hydrogen-bond donors (Lipinski definition) is 0. The van der Waals surface area contributed by atoms with Crippen molar-refractivity contribution in [2.24, 2.45) is 0 Å². The first-order valence-corrected chi connectivity index (χ1v) is 5.27. The average Bonchev–Trinajstić information content (AvgIpc) is 2.33. The second-order valence-corrected chi connectivity index (χ2v) is 3.81. The van der Waals surface area contributed by atoms with Gasteiger partial charge in [0.15, 0.2) is 0 Å². The van der Waals surface area contributed by atoms with E-state index in [1.165, 1.54) is 0 Å². The Morgan fingerprint density at radius 3 is 2.38 bits per heavy atom. The molecule has 16 heavy (non-hydrogen) atoms. The summed E-state index contributed by atoms with van der Waals surface area (Å²) in [5.41, 5.74) is 2.06. The minimum atomic E-state index is 0.528. The Hall–Kier alpha value is -1.61. The van der Waals surface area contributed by atoms with Gasteiger partial charge in [0.1, 0.15) is 0 Å². The molecule has 0 bridgehead atoms. The fourth-order valence-corrected chi connectivity index (χ4v) is 1.49. The lowest BCUT2D eigenvalue weighted by atomic mass is 10.1. The highest BCUT2D eigenvalue weighted by Gasteiger charge is 1.99. The molecule has 1 aromatic carbocycles. The molecule has 2 aromatic rings. The molecule has 1 aromatic heterocycles. The molecule has 0 spiro atoms. The summed E-state index contributed by atoms with van der Waals surface area (Å²) in [7, 11) is 1.57. The zero-order valence-electron chi connectivity index (χ0n) is 8.85. The summed E-state index contributed by atoms with van der Waals surface area (Å²) in [6, 6.07) is 11.4. The van der Waals surface area contributed by atoms with Crippen molar-refractivity contribution >= 4 is 11.6 Å². The molecule has 0 aliphatic carbocycles. The standard InChI is InChI=1S/C12H11ClN2O/c1-16-12-7-6-11(14-15-12)8-9-2-4-10(13)5-3-9/h2-7H,8H2,1H3. The Morgan fingerprint density at radius 2 is 1.81 bits per heavy atom. The largest absolute Gasteiger partial charge is 0.480 e. The molecule has 4 heteroatoms. The van der Waals surface area contributed by atoms with E-state index in [1.807, 2.05) is 30.3 Å². The summed E-state index contributed by atoms with van der Waals surface area (Å²) in [6.07, 6.45) is 0.744. The highest BCUT2D eigenvalue weighted by atomic mass is 35.5. The molecule has 0 atom stereocenters. The lowest BCUT2D eigenvalue weighted by molar-refractivity contribution is 0.391. The summed E-state index contributed by atoms with van der Waals surface area (Å²) in [5, 5.41) is 8.71. The Balaban J connectivity index is 2.11. The molecule has 0 unspecified atom stereocenters. The van der Waals surface area contributed by atoms with Gasteiger partial charge < -0.3 is 4.74 Å². The number of hydrogen-bond acceptors (Lipinski definition) is 3. The van der Waals surface area contributed by atoms with E-state index >= 15 is 0 Å². The number of benzene rings is 1. The van der Waals surface area contributed by atoms with E-state index < -0.39 is 0 Å². The van der Waals surface area contributed by atoms with Crippen molar-refractivity contribution < 1.29 is 4.74 Å².